The largest absolute Gasteiger partial charge is 0.300 e. The second kappa shape index (κ2) is 4.05. The van der Waals surface area contributed by atoms with Crippen LogP contribution in [0.15, 0.2) is 18.2 Å². The Bertz CT molecular complexity index is 259. The van der Waals surface area contributed by atoms with Crippen LogP contribution in [-0.2, 0) is 17.6 Å². The van der Waals surface area contributed by atoms with Crippen molar-refractivity contribution in [2.45, 2.75) is 26.7 Å². The smallest absolute Gasteiger partial charge is 0.134 e. The van der Waals surface area contributed by atoms with E-state index in [1.807, 2.05) is 18.2 Å². The summed E-state index contributed by atoms with van der Waals surface area (Å²) in [7, 11) is 0. The normalized spacial score (nSPS) is 9.83. The topological polar surface area (TPSA) is 17.1 Å². The molecule has 1 rings (SSSR count). The first-order chi connectivity index (χ1) is 5.72. The summed E-state index contributed by atoms with van der Waals surface area (Å²) in [4.78, 5) is 10.8. The van der Waals surface area contributed by atoms with Crippen LogP contribution in [0.5, 0.6) is 0 Å². The summed E-state index contributed by atoms with van der Waals surface area (Å²) in [5.74, 6) is 0.202. The number of hydrogen-bond acceptors (Lipinski definition) is 1. The molecule has 0 aliphatic heterocycles. The van der Waals surface area contributed by atoms with Crippen molar-refractivity contribution in [2.75, 3.05) is 0 Å². The fourth-order valence-corrected chi connectivity index (χ4v) is 1.11. The van der Waals surface area contributed by atoms with Gasteiger partial charge in [0, 0.05) is 6.42 Å². The molecule has 1 aromatic carbocycles. The second-order valence-electron chi connectivity index (χ2n) is 2.95. The van der Waals surface area contributed by atoms with Crippen LogP contribution in [-0.4, -0.2) is 5.78 Å². The Morgan fingerprint density at radius 2 is 2.25 bits per heavy atom. The van der Waals surface area contributed by atoms with Crippen LogP contribution < -0.4 is 0 Å². The van der Waals surface area contributed by atoms with E-state index in [4.69, 9.17) is 0 Å². The summed E-state index contributed by atoms with van der Waals surface area (Å²) in [5, 5.41) is 0. The van der Waals surface area contributed by atoms with E-state index in [-0.39, 0.29) is 5.78 Å². The zero-order chi connectivity index (χ0) is 8.97. The van der Waals surface area contributed by atoms with Crippen LogP contribution in [0.25, 0.3) is 0 Å². The van der Waals surface area contributed by atoms with Crippen LogP contribution in [0.3, 0.4) is 0 Å². The summed E-state index contributed by atoms with van der Waals surface area (Å²) in [6.07, 6.45) is 1.53. The van der Waals surface area contributed by atoms with Crippen molar-refractivity contribution in [3.8, 4) is 0 Å². The molecule has 0 saturated carbocycles. The maximum Gasteiger partial charge on any atom is 0.134 e. The highest BCUT2D eigenvalue weighted by atomic mass is 16.1. The molecule has 0 saturated heterocycles. The molecule has 0 fully saturated rings. The Labute approximate surface area is 73.4 Å². The van der Waals surface area contributed by atoms with E-state index in [1.165, 1.54) is 5.56 Å². The number of Topliss-reactive ketones (excluding diaryl/α,β-unsaturated/α-hetero) is 1. The summed E-state index contributed by atoms with van der Waals surface area (Å²) < 4.78 is 0. The first kappa shape index (κ1) is 8.98. The molecule has 0 spiro atoms. The predicted molar refractivity (Wildman–Crippen MR) is 49.0 cm³/mol. The second-order valence-corrected chi connectivity index (χ2v) is 2.95. The van der Waals surface area contributed by atoms with Gasteiger partial charge in [0.1, 0.15) is 5.78 Å². The van der Waals surface area contributed by atoms with Gasteiger partial charge in [-0.25, -0.2) is 0 Å². The molecule has 0 unspecified atom stereocenters. The average Bonchev–Trinajstić information content (AvgIpc) is 2.05. The standard InChI is InChI=1S/C11H13O/c1-3-10-4-6-11(7-5-10)8-9(2)12/h4,6-7H,3,8H2,1-2H3. The van der Waals surface area contributed by atoms with Gasteiger partial charge in [-0.15, -0.1) is 0 Å². The number of hydrogen-bond donors (Lipinski definition) is 0. The molecule has 0 amide bonds. The maximum atomic E-state index is 10.8. The highest BCUT2D eigenvalue weighted by Gasteiger charge is 1.96. The van der Waals surface area contributed by atoms with Crippen molar-refractivity contribution in [3.63, 3.8) is 0 Å². The molecule has 0 heterocycles. The quantitative estimate of drug-likeness (QED) is 0.664. The zero-order valence-electron chi connectivity index (χ0n) is 7.55. The first-order valence-corrected chi connectivity index (χ1v) is 4.21. The Kier molecular flexibility index (Phi) is 3.03. The Balaban J connectivity index is 2.71. The molecule has 0 aliphatic rings. The van der Waals surface area contributed by atoms with Gasteiger partial charge in [0.2, 0.25) is 0 Å². The van der Waals surface area contributed by atoms with Gasteiger partial charge >= 0.3 is 0 Å². The molecule has 1 nitrogen and oxygen atoms in total. The molecular weight excluding hydrogens is 148 g/mol. The van der Waals surface area contributed by atoms with Gasteiger partial charge in [0.25, 0.3) is 0 Å². The Morgan fingerprint density at radius 3 is 2.67 bits per heavy atom. The van der Waals surface area contributed by atoms with Gasteiger partial charge in [0.15, 0.2) is 0 Å². The number of rotatable bonds is 3. The van der Waals surface area contributed by atoms with Gasteiger partial charge in [-0.05, 0) is 30.5 Å². The van der Waals surface area contributed by atoms with Crippen LogP contribution in [0.2, 0.25) is 0 Å². The van der Waals surface area contributed by atoms with Gasteiger partial charge in [-0.2, -0.15) is 0 Å². The monoisotopic (exact) mass is 161 g/mol. The van der Waals surface area contributed by atoms with Crippen molar-refractivity contribution in [2.24, 2.45) is 0 Å². The molecule has 0 bridgehead atoms. The minimum absolute atomic E-state index is 0.202. The molecule has 0 atom stereocenters. The molecule has 1 radical (unpaired) electrons. The predicted octanol–water partition coefficient (Wildman–Crippen LogP) is 2.18. The van der Waals surface area contributed by atoms with Gasteiger partial charge in [-0.3, -0.25) is 4.79 Å². The summed E-state index contributed by atoms with van der Waals surface area (Å²) in [6.45, 7) is 3.70. The summed E-state index contributed by atoms with van der Waals surface area (Å²) in [5.41, 5.74) is 2.25. The van der Waals surface area contributed by atoms with E-state index in [2.05, 4.69) is 13.0 Å². The van der Waals surface area contributed by atoms with E-state index in [1.54, 1.807) is 6.92 Å². The van der Waals surface area contributed by atoms with Gasteiger partial charge < -0.3 is 0 Å². The van der Waals surface area contributed by atoms with Gasteiger partial charge in [0.05, 0.1) is 0 Å². The third-order valence-corrected chi connectivity index (χ3v) is 1.78. The lowest BCUT2D eigenvalue weighted by Crippen LogP contribution is -1.96. The lowest BCUT2D eigenvalue weighted by molar-refractivity contribution is -0.116. The average molecular weight is 161 g/mol. The molecule has 1 heteroatoms. The molecule has 0 aromatic heterocycles. The van der Waals surface area contributed by atoms with E-state index in [0.29, 0.717) is 6.42 Å². The minimum Gasteiger partial charge on any atom is -0.300 e. The lowest BCUT2D eigenvalue weighted by Gasteiger charge is -1.98. The third kappa shape index (κ3) is 2.50. The highest BCUT2D eigenvalue weighted by molar-refractivity contribution is 5.78. The van der Waals surface area contributed by atoms with E-state index in [9.17, 15) is 4.79 Å². The number of aryl methyl sites for hydroxylation is 1. The van der Waals surface area contributed by atoms with Crippen molar-refractivity contribution < 1.29 is 4.79 Å². The molecular formula is C11H13O. The van der Waals surface area contributed by atoms with Gasteiger partial charge in [-0.1, -0.05) is 25.1 Å². The number of carbonyl (C=O) groups excluding carboxylic acids is 1. The Hall–Kier alpha value is -1.11. The van der Waals surface area contributed by atoms with E-state index < -0.39 is 0 Å². The summed E-state index contributed by atoms with van der Waals surface area (Å²) >= 11 is 0. The minimum atomic E-state index is 0.202. The van der Waals surface area contributed by atoms with Crippen LogP contribution in [0.1, 0.15) is 25.0 Å². The van der Waals surface area contributed by atoms with Crippen molar-refractivity contribution in [1.29, 1.82) is 0 Å². The van der Waals surface area contributed by atoms with Crippen LogP contribution in [0, 0.1) is 6.07 Å². The molecule has 63 valence electrons. The number of ketones is 1. The van der Waals surface area contributed by atoms with Crippen molar-refractivity contribution in [3.05, 3.63) is 35.4 Å². The summed E-state index contributed by atoms with van der Waals surface area (Å²) in [6, 6.07) is 9.07. The molecule has 12 heavy (non-hydrogen) atoms. The fraction of sp³-hybridized carbons (Fsp3) is 0.364. The van der Waals surface area contributed by atoms with E-state index in [0.717, 1.165) is 12.0 Å². The molecule has 0 N–H and O–H groups in total. The fourth-order valence-electron chi connectivity index (χ4n) is 1.11. The number of benzene rings is 1. The lowest BCUT2D eigenvalue weighted by atomic mass is 10.1. The van der Waals surface area contributed by atoms with Crippen LogP contribution >= 0.6 is 0 Å². The van der Waals surface area contributed by atoms with Crippen molar-refractivity contribution in [1.82, 2.24) is 0 Å². The zero-order valence-corrected chi connectivity index (χ0v) is 7.55. The first-order valence-electron chi connectivity index (χ1n) is 4.21. The SMILES string of the molecule is CCc1[c]cc(CC(C)=O)cc1. The van der Waals surface area contributed by atoms with E-state index >= 15 is 0 Å². The third-order valence-electron chi connectivity index (χ3n) is 1.78. The molecule has 1 aromatic rings. The molecule has 0 aliphatic carbocycles. The van der Waals surface area contributed by atoms with Crippen LogP contribution in [0.4, 0.5) is 0 Å². The maximum absolute atomic E-state index is 10.8. The highest BCUT2D eigenvalue weighted by Crippen LogP contribution is 2.04. The number of carbonyl (C=O) groups is 1. The van der Waals surface area contributed by atoms with Crippen molar-refractivity contribution >= 4 is 5.78 Å². The Morgan fingerprint density at radius 1 is 1.50 bits per heavy atom.